The summed E-state index contributed by atoms with van der Waals surface area (Å²) in [6.45, 7) is 5.28. The molecule has 122 valence electrons. The molecule has 1 aromatic carbocycles. The van der Waals surface area contributed by atoms with E-state index < -0.39 is 17.9 Å². The van der Waals surface area contributed by atoms with Crippen LogP contribution in [0.2, 0.25) is 5.02 Å². The largest absolute Gasteiger partial charge is 0.480 e. The second kappa shape index (κ2) is 6.83. The van der Waals surface area contributed by atoms with E-state index >= 15 is 0 Å². The number of hydrogen-bond acceptors (Lipinski definition) is 3. The van der Waals surface area contributed by atoms with Crippen molar-refractivity contribution in [1.82, 2.24) is 15.1 Å². The molecule has 2 aromatic rings. The normalized spacial score (nSPS) is 12.2. The van der Waals surface area contributed by atoms with Crippen LogP contribution in [-0.2, 0) is 4.79 Å². The summed E-state index contributed by atoms with van der Waals surface area (Å²) < 4.78 is 1.62. The molecular weight excluding hydrogens is 318 g/mol. The zero-order chi connectivity index (χ0) is 17.1. The van der Waals surface area contributed by atoms with E-state index in [1.54, 1.807) is 10.7 Å². The van der Waals surface area contributed by atoms with Crippen molar-refractivity contribution in [2.45, 2.75) is 32.7 Å². The molecule has 2 N–H and O–H groups in total. The molecule has 1 atom stereocenters. The van der Waals surface area contributed by atoms with Crippen molar-refractivity contribution in [3.8, 4) is 5.69 Å². The number of carbonyl (C=O) groups is 2. The topological polar surface area (TPSA) is 84.2 Å². The molecule has 7 heteroatoms. The molecule has 0 aliphatic heterocycles. The number of carboxylic acids is 1. The maximum absolute atomic E-state index is 12.4. The minimum absolute atomic E-state index is 0.00495. The van der Waals surface area contributed by atoms with Crippen LogP contribution in [0.15, 0.2) is 30.5 Å². The van der Waals surface area contributed by atoms with Gasteiger partial charge in [-0.15, -0.1) is 0 Å². The highest BCUT2D eigenvalue weighted by atomic mass is 35.5. The molecule has 1 amide bonds. The molecule has 0 aliphatic rings. The van der Waals surface area contributed by atoms with Crippen molar-refractivity contribution in [3.63, 3.8) is 0 Å². The van der Waals surface area contributed by atoms with E-state index in [9.17, 15) is 9.59 Å². The number of aromatic nitrogens is 2. The van der Waals surface area contributed by atoms with Crippen molar-refractivity contribution in [3.05, 3.63) is 46.7 Å². The molecule has 0 fully saturated rings. The number of carbonyl (C=O) groups excluding carboxylic acids is 1. The second-order valence-corrected chi connectivity index (χ2v) is 5.90. The van der Waals surface area contributed by atoms with E-state index in [4.69, 9.17) is 16.7 Å². The van der Waals surface area contributed by atoms with Crippen LogP contribution in [0, 0.1) is 0 Å². The molecule has 1 unspecified atom stereocenters. The SMILES string of the molecule is CC(NC(=O)c1cnn(-c2ccccc2Cl)c1C(C)C)C(=O)O. The van der Waals surface area contributed by atoms with Crippen LogP contribution in [0.5, 0.6) is 0 Å². The Balaban J connectivity index is 2.46. The van der Waals surface area contributed by atoms with Crippen LogP contribution in [0.3, 0.4) is 0 Å². The summed E-state index contributed by atoms with van der Waals surface area (Å²) in [4.78, 5) is 23.3. The molecule has 1 aromatic heterocycles. The van der Waals surface area contributed by atoms with Crippen molar-refractivity contribution in [2.75, 3.05) is 0 Å². The molecule has 0 bridgehead atoms. The fraction of sp³-hybridized carbons (Fsp3) is 0.312. The number of benzene rings is 1. The number of hydrogen-bond donors (Lipinski definition) is 2. The molecule has 2 rings (SSSR count). The first-order valence-electron chi connectivity index (χ1n) is 7.19. The summed E-state index contributed by atoms with van der Waals surface area (Å²) in [7, 11) is 0. The average Bonchev–Trinajstić information content (AvgIpc) is 2.92. The third kappa shape index (κ3) is 3.53. The Morgan fingerprint density at radius 2 is 1.91 bits per heavy atom. The first kappa shape index (κ1) is 17.0. The summed E-state index contributed by atoms with van der Waals surface area (Å²) in [6.07, 6.45) is 1.43. The molecule has 0 aliphatic carbocycles. The minimum atomic E-state index is -1.09. The number of para-hydroxylation sites is 1. The van der Waals surface area contributed by atoms with Crippen LogP contribution >= 0.6 is 11.6 Å². The van der Waals surface area contributed by atoms with Gasteiger partial charge >= 0.3 is 5.97 Å². The van der Waals surface area contributed by atoms with Gasteiger partial charge in [-0.25, -0.2) is 4.68 Å². The van der Waals surface area contributed by atoms with E-state index in [1.807, 2.05) is 32.0 Å². The Labute approximate surface area is 139 Å². The first-order chi connectivity index (χ1) is 10.8. The number of amides is 1. The van der Waals surface area contributed by atoms with Crippen LogP contribution in [0.1, 0.15) is 42.7 Å². The Morgan fingerprint density at radius 3 is 2.48 bits per heavy atom. The van der Waals surface area contributed by atoms with Crippen molar-refractivity contribution >= 4 is 23.5 Å². The average molecular weight is 336 g/mol. The van der Waals surface area contributed by atoms with Gasteiger partial charge in [-0.2, -0.15) is 5.10 Å². The van der Waals surface area contributed by atoms with Gasteiger partial charge < -0.3 is 10.4 Å². The van der Waals surface area contributed by atoms with E-state index in [0.29, 0.717) is 22.0 Å². The third-order valence-corrected chi connectivity index (χ3v) is 3.72. The smallest absolute Gasteiger partial charge is 0.325 e. The lowest BCUT2D eigenvalue weighted by Gasteiger charge is -2.14. The molecular formula is C16H18ClN3O3. The molecule has 6 nitrogen and oxygen atoms in total. The van der Waals surface area contributed by atoms with Crippen molar-refractivity contribution in [2.24, 2.45) is 0 Å². The van der Waals surface area contributed by atoms with Gasteiger partial charge in [0.05, 0.1) is 28.2 Å². The van der Waals surface area contributed by atoms with Crippen LogP contribution in [0.4, 0.5) is 0 Å². The highest BCUT2D eigenvalue weighted by molar-refractivity contribution is 6.32. The molecule has 23 heavy (non-hydrogen) atoms. The van der Waals surface area contributed by atoms with Gasteiger partial charge in [-0.05, 0) is 25.0 Å². The van der Waals surface area contributed by atoms with E-state index in [-0.39, 0.29) is 5.92 Å². The van der Waals surface area contributed by atoms with Gasteiger partial charge in [-0.1, -0.05) is 37.6 Å². The molecule has 0 radical (unpaired) electrons. The fourth-order valence-corrected chi connectivity index (χ4v) is 2.46. The van der Waals surface area contributed by atoms with Crippen LogP contribution in [0.25, 0.3) is 5.69 Å². The summed E-state index contributed by atoms with van der Waals surface area (Å²) >= 11 is 6.21. The maximum Gasteiger partial charge on any atom is 0.325 e. The van der Waals surface area contributed by atoms with E-state index in [1.165, 1.54) is 13.1 Å². The van der Waals surface area contributed by atoms with Crippen molar-refractivity contribution < 1.29 is 14.7 Å². The second-order valence-electron chi connectivity index (χ2n) is 5.49. The van der Waals surface area contributed by atoms with Crippen LogP contribution in [-0.4, -0.2) is 32.8 Å². The van der Waals surface area contributed by atoms with Gasteiger partial charge in [0.1, 0.15) is 6.04 Å². The molecule has 0 saturated heterocycles. The number of rotatable bonds is 5. The summed E-state index contributed by atoms with van der Waals surface area (Å²) in [5, 5.41) is 16.2. The number of nitrogens with one attached hydrogen (secondary N) is 1. The van der Waals surface area contributed by atoms with E-state index in [2.05, 4.69) is 10.4 Å². The zero-order valence-electron chi connectivity index (χ0n) is 13.1. The molecule has 1 heterocycles. The number of carboxylic acid groups (broad SMARTS) is 1. The minimum Gasteiger partial charge on any atom is -0.480 e. The number of halogens is 1. The lowest BCUT2D eigenvalue weighted by molar-refractivity contribution is -0.138. The lowest BCUT2D eigenvalue weighted by Crippen LogP contribution is -2.38. The molecule has 0 saturated carbocycles. The van der Waals surface area contributed by atoms with Gasteiger partial charge in [0.2, 0.25) is 0 Å². The zero-order valence-corrected chi connectivity index (χ0v) is 13.8. The van der Waals surface area contributed by atoms with Gasteiger partial charge in [0, 0.05) is 0 Å². The Morgan fingerprint density at radius 1 is 1.26 bits per heavy atom. The van der Waals surface area contributed by atoms with Crippen LogP contribution < -0.4 is 5.32 Å². The maximum atomic E-state index is 12.4. The predicted octanol–water partition coefficient (Wildman–Crippen LogP) is 2.85. The Kier molecular flexibility index (Phi) is 5.05. The van der Waals surface area contributed by atoms with Gasteiger partial charge in [-0.3, -0.25) is 9.59 Å². The highest BCUT2D eigenvalue weighted by Gasteiger charge is 2.24. The number of aliphatic carboxylic acids is 1. The number of nitrogens with zero attached hydrogens (tertiary/aromatic N) is 2. The standard InChI is InChI=1S/C16H18ClN3O3/c1-9(2)14-11(15(21)19-10(3)16(22)23)8-18-20(14)13-7-5-4-6-12(13)17/h4-10H,1-3H3,(H,19,21)(H,22,23). The van der Waals surface area contributed by atoms with E-state index in [0.717, 1.165) is 0 Å². The first-order valence-corrected chi connectivity index (χ1v) is 7.57. The fourth-order valence-electron chi connectivity index (χ4n) is 2.24. The Hall–Kier alpha value is -2.34. The highest BCUT2D eigenvalue weighted by Crippen LogP contribution is 2.27. The monoisotopic (exact) mass is 335 g/mol. The summed E-state index contributed by atoms with van der Waals surface area (Å²) in [5.41, 5.74) is 1.68. The molecule has 0 spiro atoms. The summed E-state index contributed by atoms with van der Waals surface area (Å²) in [6, 6.07) is 6.22. The third-order valence-electron chi connectivity index (χ3n) is 3.40. The quantitative estimate of drug-likeness (QED) is 0.880. The van der Waals surface area contributed by atoms with Gasteiger partial charge in [0.15, 0.2) is 0 Å². The summed E-state index contributed by atoms with van der Waals surface area (Å²) in [5.74, 6) is -1.57. The Bertz CT molecular complexity index is 740. The predicted molar refractivity (Wildman–Crippen MR) is 87.2 cm³/mol. The van der Waals surface area contributed by atoms with Gasteiger partial charge in [0.25, 0.3) is 5.91 Å². The lowest BCUT2D eigenvalue weighted by atomic mass is 10.0. The van der Waals surface area contributed by atoms with Crippen molar-refractivity contribution in [1.29, 1.82) is 0 Å².